The van der Waals surface area contributed by atoms with Crippen LogP contribution in [-0.2, 0) is 27.1 Å². The molecule has 1 N–H and O–H groups in total. The number of carbonyl (C=O) groups excluding carboxylic acids is 1. The summed E-state index contributed by atoms with van der Waals surface area (Å²) in [7, 11) is 0. The summed E-state index contributed by atoms with van der Waals surface area (Å²) in [5, 5.41) is 3.79. The van der Waals surface area contributed by atoms with E-state index < -0.39 is 5.79 Å². The number of aryl methyl sites for hydroxylation is 1. The maximum atomic E-state index is 11.1. The number of ether oxygens (including phenoxy) is 2. The van der Waals surface area contributed by atoms with Gasteiger partial charge in [-0.1, -0.05) is 6.92 Å². The van der Waals surface area contributed by atoms with E-state index in [2.05, 4.69) is 18.3 Å². The minimum absolute atomic E-state index is 0.0206. The molecule has 1 aliphatic heterocycles. The van der Waals surface area contributed by atoms with Crippen LogP contribution in [0.15, 0.2) is 6.07 Å². The number of hydrogen-bond donors (Lipinski definition) is 1. The average Bonchev–Trinajstić information content (AvgIpc) is 2.92. The van der Waals surface area contributed by atoms with E-state index in [0.29, 0.717) is 6.61 Å². The zero-order chi connectivity index (χ0) is 13.5. The van der Waals surface area contributed by atoms with Crippen molar-refractivity contribution < 1.29 is 14.3 Å². The first-order valence-corrected chi connectivity index (χ1v) is 7.63. The Labute approximate surface area is 117 Å². The Morgan fingerprint density at radius 1 is 1.63 bits per heavy atom. The SMILES string of the molecule is CCC1COC2(CCc3cc(NC(C)=O)sc3C2)O1. The molecule has 0 aromatic carbocycles. The molecule has 1 aliphatic carbocycles. The predicted molar refractivity (Wildman–Crippen MR) is 74.5 cm³/mol. The minimum atomic E-state index is -0.411. The third kappa shape index (κ3) is 2.55. The standard InChI is InChI=1S/C14H19NO3S/c1-3-11-8-17-14(18-11)5-4-10-6-13(15-9(2)16)19-12(10)7-14/h6,11H,3-5,7-8H2,1-2H3,(H,15,16). The number of hydrogen-bond acceptors (Lipinski definition) is 4. The summed E-state index contributed by atoms with van der Waals surface area (Å²) in [6.07, 6.45) is 3.91. The second-order valence-corrected chi connectivity index (χ2v) is 6.42. The maximum absolute atomic E-state index is 11.1. The molecule has 1 aromatic heterocycles. The highest BCUT2D eigenvalue weighted by Gasteiger charge is 2.43. The molecule has 1 saturated heterocycles. The van der Waals surface area contributed by atoms with Gasteiger partial charge in [-0.3, -0.25) is 4.79 Å². The van der Waals surface area contributed by atoms with E-state index in [1.165, 1.54) is 17.4 Å². The second kappa shape index (κ2) is 4.89. The minimum Gasteiger partial charge on any atom is -0.347 e. The molecule has 5 heteroatoms. The fourth-order valence-corrected chi connectivity index (χ4v) is 4.01. The molecule has 1 amide bonds. The summed E-state index contributed by atoms with van der Waals surface area (Å²) in [6, 6.07) is 2.08. The van der Waals surface area contributed by atoms with Crippen molar-refractivity contribution in [1.29, 1.82) is 0 Å². The van der Waals surface area contributed by atoms with Crippen LogP contribution in [0.5, 0.6) is 0 Å². The zero-order valence-corrected chi connectivity index (χ0v) is 12.1. The Bertz CT molecular complexity index is 499. The Morgan fingerprint density at radius 3 is 3.16 bits per heavy atom. The van der Waals surface area contributed by atoms with Crippen LogP contribution < -0.4 is 5.32 Å². The van der Waals surface area contributed by atoms with Crippen LogP contribution in [0.4, 0.5) is 5.00 Å². The number of thiophene rings is 1. The van der Waals surface area contributed by atoms with E-state index in [-0.39, 0.29) is 12.0 Å². The molecular formula is C14H19NO3S. The van der Waals surface area contributed by atoms with E-state index >= 15 is 0 Å². The van der Waals surface area contributed by atoms with Gasteiger partial charge in [0.05, 0.1) is 17.7 Å². The lowest BCUT2D eigenvalue weighted by atomic mass is 9.93. The average molecular weight is 281 g/mol. The van der Waals surface area contributed by atoms with Crippen LogP contribution in [0.25, 0.3) is 0 Å². The summed E-state index contributed by atoms with van der Waals surface area (Å²) >= 11 is 1.64. The van der Waals surface area contributed by atoms with Gasteiger partial charge in [-0.05, 0) is 24.5 Å². The van der Waals surface area contributed by atoms with Crippen molar-refractivity contribution in [3.05, 3.63) is 16.5 Å². The second-order valence-electron chi connectivity index (χ2n) is 5.29. The molecule has 2 unspecified atom stereocenters. The van der Waals surface area contributed by atoms with Crippen LogP contribution in [0, 0.1) is 0 Å². The molecule has 1 spiro atoms. The number of amides is 1. The Hall–Kier alpha value is -0.910. The number of carbonyl (C=O) groups is 1. The lowest BCUT2D eigenvalue weighted by Crippen LogP contribution is -2.36. The van der Waals surface area contributed by atoms with Crippen molar-refractivity contribution in [1.82, 2.24) is 0 Å². The number of fused-ring (bicyclic) bond motifs is 1. The van der Waals surface area contributed by atoms with Gasteiger partial charge in [0.15, 0.2) is 5.79 Å². The van der Waals surface area contributed by atoms with Gasteiger partial charge >= 0.3 is 0 Å². The fraction of sp³-hybridized carbons (Fsp3) is 0.643. The van der Waals surface area contributed by atoms with Gasteiger partial charge in [0, 0.05) is 24.6 Å². The molecular weight excluding hydrogens is 262 g/mol. The van der Waals surface area contributed by atoms with Crippen molar-refractivity contribution in [2.75, 3.05) is 11.9 Å². The van der Waals surface area contributed by atoms with E-state index in [0.717, 1.165) is 30.7 Å². The lowest BCUT2D eigenvalue weighted by Gasteiger charge is -2.31. The van der Waals surface area contributed by atoms with Crippen molar-refractivity contribution in [2.45, 2.75) is 51.4 Å². The number of nitrogens with one attached hydrogen (secondary N) is 1. The topological polar surface area (TPSA) is 47.6 Å². The van der Waals surface area contributed by atoms with Gasteiger partial charge in [-0.2, -0.15) is 0 Å². The van der Waals surface area contributed by atoms with Crippen LogP contribution in [0.3, 0.4) is 0 Å². The summed E-state index contributed by atoms with van der Waals surface area (Å²) in [5.41, 5.74) is 1.33. The largest absolute Gasteiger partial charge is 0.347 e. The summed E-state index contributed by atoms with van der Waals surface area (Å²) in [6.45, 7) is 4.37. The van der Waals surface area contributed by atoms with Crippen LogP contribution >= 0.6 is 11.3 Å². The molecule has 1 aromatic rings. The van der Waals surface area contributed by atoms with E-state index in [1.54, 1.807) is 11.3 Å². The van der Waals surface area contributed by atoms with Crippen LogP contribution in [0.2, 0.25) is 0 Å². The van der Waals surface area contributed by atoms with Crippen molar-refractivity contribution in [3.63, 3.8) is 0 Å². The predicted octanol–water partition coefficient (Wildman–Crippen LogP) is 2.72. The van der Waals surface area contributed by atoms with Crippen LogP contribution in [-0.4, -0.2) is 24.4 Å². The van der Waals surface area contributed by atoms with Crippen molar-refractivity contribution in [2.24, 2.45) is 0 Å². The molecule has 3 rings (SSSR count). The third-order valence-corrected chi connectivity index (χ3v) is 4.86. The molecule has 0 saturated carbocycles. The highest BCUT2D eigenvalue weighted by atomic mass is 32.1. The molecule has 2 aliphatic rings. The number of anilines is 1. The van der Waals surface area contributed by atoms with Crippen LogP contribution in [0.1, 0.15) is 37.1 Å². The lowest BCUT2D eigenvalue weighted by molar-refractivity contribution is -0.174. The molecule has 0 bridgehead atoms. The molecule has 4 nitrogen and oxygen atoms in total. The first-order valence-electron chi connectivity index (χ1n) is 6.81. The monoisotopic (exact) mass is 281 g/mol. The van der Waals surface area contributed by atoms with Gasteiger partial charge in [-0.25, -0.2) is 0 Å². The first kappa shape index (κ1) is 13.1. The number of rotatable bonds is 2. The van der Waals surface area contributed by atoms with E-state index in [4.69, 9.17) is 9.47 Å². The van der Waals surface area contributed by atoms with E-state index in [1.807, 2.05) is 0 Å². The van der Waals surface area contributed by atoms with Crippen molar-refractivity contribution >= 4 is 22.2 Å². The van der Waals surface area contributed by atoms with Gasteiger partial charge in [0.1, 0.15) is 0 Å². The van der Waals surface area contributed by atoms with Crippen molar-refractivity contribution in [3.8, 4) is 0 Å². The van der Waals surface area contributed by atoms with Gasteiger partial charge in [-0.15, -0.1) is 11.3 Å². The van der Waals surface area contributed by atoms with Gasteiger partial charge in [0.25, 0.3) is 0 Å². The van der Waals surface area contributed by atoms with E-state index in [9.17, 15) is 4.79 Å². The molecule has 104 valence electrons. The van der Waals surface area contributed by atoms with Gasteiger partial charge < -0.3 is 14.8 Å². The Balaban J connectivity index is 1.76. The normalized spacial score (nSPS) is 29.5. The molecule has 0 radical (unpaired) electrons. The molecule has 19 heavy (non-hydrogen) atoms. The highest BCUT2D eigenvalue weighted by Crippen LogP contribution is 2.42. The molecule has 2 heterocycles. The highest BCUT2D eigenvalue weighted by molar-refractivity contribution is 7.16. The fourth-order valence-electron chi connectivity index (χ4n) is 2.76. The quantitative estimate of drug-likeness (QED) is 0.906. The molecule has 1 fully saturated rings. The zero-order valence-electron chi connectivity index (χ0n) is 11.3. The van der Waals surface area contributed by atoms with Gasteiger partial charge in [0.2, 0.25) is 5.91 Å². The summed E-state index contributed by atoms with van der Waals surface area (Å²) in [4.78, 5) is 12.4. The first-order chi connectivity index (χ1) is 9.10. The maximum Gasteiger partial charge on any atom is 0.221 e. The Kier molecular flexibility index (Phi) is 3.37. The Morgan fingerprint density at radius 2 is 2.47 bits per heavy atom. The smallest absolute Gasteiger partial charge is 0.221 e. The summed E-state index contributed by atoms with van der Waals surface area (Å²) < 4.78 is 12.0. The third-order valence-electron chi connectivity index (χ3n) is 3.77. The molecule has 2 atom stereocenters. The summed E-state index contributed by atoms with van der Waals surface area (Å²) in [5.74, 6) is -0.431.